The highest BCUT2D eigenvalue weighted by Crippen LogP contribution is 2.24. The third kappa shape index (κ3) is 5.88. The van der Waals surface area contributed by atoms with Crippen LogP contribution in [-0.4, -0.2) is 38.2 Å². The smallest absolute Gasteiger partial charge is 0.414 e. The minimum absolute atomic E-state index is 0.00115. The van der Waals surface area contributed by atoms with Crippen LogP contribution in [0.5, 0.6) is 0 Å². The Labute approximate surface area is 173 Å². The quantitative estimate of drug-likeness (QED) is 0.686. The number of nitrogens with one attached hydrogen (secondary N) is 2. The number of carbonyl (C=O) groups excluding carboxylic acids is 3. The van der Waals surface area contributed by atoms with Gasteiger partial charge in [-0.3, -0.25) is 14.9 Å². The summed E-state index contributed by atoms with van der Waals surface area (Å²) in [6, 6.07) is 7.60. The topological polar surface area (TPSA) is 119 Å². The molecule has 2 aromatic rings. The molecular formula is C19H22N2O6S2. The summed E-state index contributed by atoms with van der Waals surface area (Å²) >= 11 is 1.14. The average molecular weight is 439 g/mol. The molecule has 1 aromatic heterocycles. The molecule has 0 spiro atoms. The first kappa shape index (κ1) is 22.6. The Morgan fingerprint density at radius 2 is 1.76 bits per heavy atom. The second kappa shape index (κ2) is 9.66. The average Bonchev–Trinajstić information content (AvgIpc) is 3.10. The normalized spacial score (nSPS) is 11.2. The summed E-state index contributed by atoms with van der Waals surface area (Å²) in [5.74, 6) is -1.06. The summed E-state index contributed by atoms with van der Waals surface area (Å²) in [7, 11) is -3.37. The van der Waals surface area contributed by atoms with E-state index in [9.17, 15) is 22.8 Å². The van der Waals surface area contributed by atoms with Gasteiger partial charge >= 0.3 is 6.09 Å². The Morgan fingerprint density at radius 1 is 1.10 bits per heavy atom. The summed E-state index contributed by atoms with van der Waals surface area (Å²) in [4.78, 5) is 36.0. The number of imide groups is 1. The number of amides is 3. The Kier molecular flexibility index (Phi) is 7.52. The van der Waals surface area contributed by atoms with Crippen LogP contribution in [0.3, 0.4) is 0 Å². The molecule has 0 saturated carbocycles. The van der Waals surface area contributed by atoms with Gasteiger partial charge in [0.15, 0.2) is 9.84 Å². The lowest BCUT2D eigenvalue weighted by Gasteiger charge is -2.09. The van der Waals surface area contributed by atoms with E-state index < -0.39 is 27.1 Å². The molecule has 0 radical (unpaired) electrons. The van der Waals surface area contributed by atoms with Gasteiger partial charge in [0.25, 0.3) is 5.91 Å². The molecule has 0 aliphatic carbocycles. The maximum atomic E-state index is 12.3. The van der Waals surface area contributed by atoms with Crippen molar-refractivity contribution < 1.29 is 27.5 Å². The summed E-state index contributed by atoms with van der Waals surface area (Å²) in [6.45, 7) is 4.95. The standard InChI is InChI=1S/C19H22N2O6S2/c1-4-27-19(24)21-17(23)15-9-10-28-18(15)20-16(22)11-13-5-7-14(8-6-13)29(25,26)12(2)3/h5-10,12H,4,11H2,1-3H3,(H,20,22)(H,21,23,24). The molecule has 0 atom stereocenters. The van der Waals surface area contributed by atoms with E-state index in [1.807, 2.05) is 0 Å². The molecular weight excluding hydrogens is 416 g/mol. The Hall–Kier alpha value is -2.72. The van der Waals surface area contributed by atoms with Crippen LogP contribution in [0.15, 0.2) is 40.6 Å². The highest BCUT2D eigenvalue weighted by atomic mass is 32.2. The van der Waals surface area contributed by atoms with Gasteiger partial charge in [-0.25, -0.2) is 13.2 Å². The highest BCUT2D eigenvalue weighted by molar-refractivity contribution is 7.92. The number of hydrogen-bond acceptors (Lipinski definition) is 7. The molecule has 0 bridgehead atoms. The second-order valence-corrected chi connectivity index (χ2v) is 9.72. The molecule has 1 heterocycles. The lowest BCUT2D eigenvalue weighted by atomic mass is 10.1. The van der Waals surface area contributed by atoms with Gasteiger partial charge in [-0.05, 0) is 49.9 Å². The summed E-state index contributed by atoms with van der Waals surface area (Å²) in [6.07, 6.45) is -0.865. The van der Waals surface area contributed by atoms with Crippen molar-refractivity contribution in [3.05, 3.63) is 46.8 Å². The second-order valence-electron chi connectivity index (χ2n) is 6.30. The summed E-state index contributed by atoms with van der Waals surface area (Å²) < 4.78 is 29.0. The van der Waals surface area contributed by atoms with E-state index in [1.54, 1.807) is 38.3 Å². The fraction of sp³-hybridized carbons (Fsp3) is 0.316. The van der Waals surface area contributed by atoms with Crippen molar-refractivity contribution >= 4 is 44.1 Å². The van der Waals surface area contributed by atoms with Crippen molar-refractivity contribution in [3.63, 3.8) is 0 Å². The number of rotatable bonds is 7. The number of alkyl carbamates (subject to hydrolysis) is 1. The predicted octanol–water partition coefficient (Wildman–Crippen LogP) is 3.00. The Morgan fingerprint density at radius 3 is 2.34 bits per heavy atom. The van der Waals surface area contributed by atoms with E-state index in [0.29, 0.717) is 10.6 Å². The number of anilines is 1. The molecule has 0 fully saturated rings. The maximum absolute atomic E-state index is 12.3. The fourth-order valence-electron chi connectivity index (χ4n) is 2.34. The molecule has 3 amide bonds. The van der Waals surface area contributed by atoms with Gasteiger partial charge in [0.2, 0.25) is 5.91 Å². The molecule has 0 saturated heterocycles. The van der Waals surface area contributed by atoms with E-state index in [-0.39, 0.29) is 29.4 Å². The number of sulfone groups is 1. The van der Waals surface area contributed by atoms with Crippen molar-refractivity contribution in [3.8, 4) is 0 Å². The molecule has 2 N–H and O–H groups in total. The molecule has 156 valence electrons. The van der Waals surface area contributed by atoms with Crippen LogP contribution < -0.4 is 10.6 Å². The third-order valence-electron chi connectivity index (χ3n) is 3.89. The molecule has 2 rings (SSSR count). The van der Waals surface area contributed by atoms with Crippen molar-refractivity contribution in [2.75, 3.05) is 11.9 Å². The van der Waals surface area contributed by atoms with Gasteiger partial charge in [-0.1, -0.05) is 12.1 Å². The molecule has 0 aliphatic heterocycles. The van der Waals surface area contributed by atoms with Gasteiger partial charge in [-0.15, -0.1) is 11.3 Å². The van der Waals surface area contributed by atoms with E-state index in [2.05, 4.69) is 15.4 Å². The van der Waals surface area contributed by atoms with E-state index in [1.165, 1.54) is 18.2 Å². The van der Waals surface area contributed by atoms with Crippen LogP contribution in [0, 0.1) is 0 Å². The molecule has 8 nitrogen and oxygen atoms in total. The first-order valence-electron chi connectivity index (χ1n) is 8.83. The van der Waals surface area contributed by atoms with Gasteiger partial charge in [0, 0.05) is 0 Å². The largest absolute Gasteiger partial charge is 0.450 e. The lowest BCUT2D eigenvalue weighted by Crippen LogP contribution is -2.31. The van der Waals surface area contributed by atoms with Crippen LogP contribution in [0.25, 0.3) is 0 Å². The molecule has 0 unspecified atom stereocenters. The predicted molar refractivity (Wildman–Crippen MR) is 110 cm³/mol. The zero-order valence-corrected chi connectivity index (χ0v) is 17.9. The lowest BCUT2D eigenvalue weighted by molar-refractivity contribution is -0.115. The molecule has 29 heavy (non-hydrogen) atoms. The van der Waals surface area contributed by atoms with Crippen molar-refractivity contribution in [2.24, 2.45) is 0 Å². The first-order chi connectivity index (χ1) is 13.6. The van der Waals surface area contributed by atoms with Gasteiger partial charge < -0.3 is 10.1 Å². The van der Waals surface area contributed by atoms with Crippen molar-refractivity contribution in [1.82, 2.24) is 5.32 Å². The van der Waals surface area contributed by atoms with Crippen LogP contribution in [0.2, 0.25) is 0 Å². The maximum Gasteiger partial charge on any atom is 0.414 e. The fourth-order valence-corrected chi connectivity index (χ4v) is 4.20. The SMILES string of the molecule is CCOC(=O)NC(=O)c1ccsc1NC(=O)Cc1ccc(S(=O)(=O)C(C)C)cc1. The monoisotopic (exact) mass is 438 g/mol. The summed E-state index contributed by atoms with van der Waals surface area (Å²) in [5.41, 5.74) is 0.772. The van der Waals surface area contributed by atoms with Gasteiger partial charge in [0.05, 0.1) is 28.7 Å². The number of hydrogen-bond donors (Lipinski definition) is 2. The molecule has 1 aromatic carbocycles. The molecule has 10 heteroatoms. The van der Waals surface area contributed by atoms with Crippen LogP contribution in [0.1, 0.15) is 36.7 Å². The number of carbonyl (C=O) groups is 3. The number of thiophene rings is 1. The first-order valence-corrected chi connectivity index (χ1v) is 11.3. The van der Waals surface area contributed by atoms with Gasteiger partial charge in [0.1, 0.15) is 5.00 Å². The van der Waals surface area contributed by atoms with E-state index >= 15 is 0 Å². The number of ether oxygens (including phenoxy) is 1. The van der Waals surface area contributed by atoms with Crippen LogP contribution in [0.4, 0.5) is 9.80 Å². The van der Waals surface area contributed by atoms with E-state index in [4.69, 9.17) is 0 Å². The summed E-state index contributed by atoms with van der Waals surface area (Å²) in [5, 5.41) is 6.09. The van der Waals surface area contributed by atoms with E-state index in [0.717, 1.165) is 11.3 Å². The third-order valence-corrected chi connectivity index (χ3v) is 6.89. The van der Waals surface area contributed by atoms with Crippen molar-refractivity contribution in [2.45, 2.75) is 37.3 Å². The Balaban J connectivity index is 2.03. The van der Waals surface area contributed by atoms with Crippen LogP contribution in [-0.2, 0) is 25.8 Å². The minimum atomic E-state index is -3.37. The zero-order chi connectivity index (χ0) is 21.6. The Bertz CT molecular complexity index is 994. The minimum Gasteiger partial charge on any atom is -0.450 e. The number of benzene rings is 1. The zero-order valence-electron chi connectivity index (χ0n) is 16.2. The molecule has 0 aliphatic rings. The highest BCUT2D eigenvalue weighted by Gasteiger charge is 2.20. The van der Waals surface area contributed by atoms with Crippen molar-refractivity contribution in [1.29, 1.82) is 0 Å². The van der Waals surface area contributed by atoms with Crippen LogP contribution >= 0.6 is 11.3 Å². The van der Waals surface area contributed by atoms with Gasteiger partial charge in [-0.2, -0.15) is 0 Å².